The zero-order chi connectivity index (χ0) is 16.4. The van der Waals surface area contributed by atoms with E-state index in [0.29, 0.717) is 0 Å². The molecule has 2 saturated carbocycles. The van der Waals surface area contributed by atoms with Gasteiger partial charge < -0.3 is 5.32 Å². The molecule has 3 rings (SSSR count). The number of imide groups is 2. The van der Waals surface area contributed by atoms with E-state index >= 15 is 0 Å². The van der Waals surface area contributed by atoms with Crippen LogP contribution in [0.25, 0.3) is 0 Å². The van der Waals surface area contributed by atoms with Crippen molar-refractivity contribution in [1.82, 2.24) is 15.5 Å². The Hall–Kier alpha value is -1.92. The maximum atomic E-state index is 12.3. The Morgan fingerprint density at radius 3 is 2.00 bits per heavy atom. The first-order valence-electron chi connectivity index (χ1n) is 8.52. The van der Waals surface area contributed by atoms with Crippen molar-refractivity contribution in [3.63, 3.8) is 0 Å². The Kier molecular flexibility index (Phi) is 4.63. The normalized spacial score (nSPS) is 27.9. The summed E-state index contributed by atoms with van der Waals surface area (Å²) in [5.74, 6) is -1.66. The summed E-state index contributed by atoms with van der Waals surface area (Å²) < 4.78 is 0. The minimum Gasteiger partial charge on any atom is -0.335 e. The summed E-state index contributed by atoms with van der Waals surface area (Å²) in [7, 11) is 0. The summed E-state index contributed by atoms with van der Waals surface area (Å²) >= 11 is 0. The van der Waals surface area contributed by atoms with Crippen molar-refractivity contribution in [3.05, 3.63) is 0 Å². The molecule has 2 aliphatic carbocycles. The average Bonchev–Trinajstić information content (AvgIpc) is 3.11. The van der Waals surface area contributed by atoms with Crippen molar-refractivity contribution < 1.29 is 19.2 Å². The highest BCUT2D eigenvalue weighted by atomic mass is 16.2. The highest BCUT2D eigenvalue weighted by Gasteiger charge is 2.48. The van der Waals surface area contributed by atoms with Crippen LogP contribution >= 0.6 is 0 Å². The van der Waals surface area contributed by atoms with Gasteiger partial charge in [0.2, 0.25) is 17.7 Å². The van der Waals surface area contributed by atoms with E-state index < -0.39 is 11.9 Å². The number of urea groups is 1. The van der Waals surface area contributed by atoms with Gasteiger partial charge in [0.25, 0.3) is 0 Å². The van der Waals surface area contributed by atoms with Gasteiger partial charge in [-0.2, -0.15) is 0 Å². The van der Waals surface area contributed by atoms with Gasteiger partial charge in [-0.3, -0.25) is 24.6 Å². The van der Waals surface area contributed by atoms with Crippen LogP contribution in [0.5, 0.6) is 0 Å². The topological polar surface area (TPSA) is 95.6 Å². The molecule has 0 spiro atoms. The number of fused-ring (bicyclic) bond motifs is 1. The minimum atomic E-state index is -0.610. The quantitative estimate of drug-likeness (QED) is 0.756. The van der Waals surface area contributed by atoms with Gasteiger partial charge in [-0.25, -0.2) is 4.79 Å². The number of amides is 5. The number of nitrogens with zero attached hydrogens (tertiary/aromatic N) is 1. The van der Waals surface area contributed by atoms with Crippen LogP contribution in [-0.2, 0) is 14.4 Å². The van der Waals surface area contributed by atoms with Crippen molar-refractivity contribution in [3.8, 4) is 0 Å². The molecule has 3 fully saturated rings. The van der Waals surface area contributed by atoms with E-state index in [0.717, 1.165) is 56.3 Å². The van der Waals surface area contributed by atoms with Gasteiger partial charge in [0, 0.05) is 6.04 Å². The maximum Gasteiger partial charge on any atom is 0.321 e. The Balaban J connectivity index is 1.52. The molecule has 0 bridgehead atoms. The lowest BCUT2D eigenvalue weighted by Gasteiger charge is -2.19. The number of carbonyl (C=O) groups is 4. The van der Waals surface area contributed by atoms with Crippen LogP contribution in [0.1, 0.15) is 51.4 Å². The van der Waals surface area contributed by atoms with Gasteiger partial charge >= 0.3 is 6.03 Å². The number of hydrogen-bond acceptors (Lipinski definition) is 4. The van der Waals surface area contributed by atoms with E-state index in [1.54, 1.807) is 0 Å². The molecular weight excluding hydrogens is 298 g/mol. The number of rotatable bonds is 3. The standard InChI is InChI=1S/C16H23N3O4/c20-13(18-16(23)17-10-5-1-2-6-10)9-19-14(21)11-7-3-4-8-12(11)15(19)22/h10-12H,1-9H2,(H2,17,18,20,23)/t11-,12+. The van der Waals surface area contributed by atoms with Crippen LogP contribution in [0.15, 0.2) is 0 Å². The number of nitrogens with one attached hydrogen (secondary N) is 2. The van der Waals surface area contributed by atoms with E-state index in [4.69, 9.17) is 0 Å². The zero-order valence-corrected chi connectivity index (χ0v) is 13.2. The molecule has 1 aliphatic heterocycles. The number of carbonyl (C=O) groups excluding carboxylic acids is 4. The Morgan fingerprint density at radius 2 is 1.43 bits per heavy atom. The molecule has 126 valence electrons. The van der Waals surface area contributed by atoms with Crippen LogP contribution < -0.4 is 10.6 Å². The first-order chi connectivity index (χ1) is 11.1. The monoisotopic (exact) mass is 321 g/mol. The molecular formula is C16H23N3O4. The van der Waals surface area contributed by atoms with E-state index in [1.807, 2.05) is 0 Å². The van der Waals surface area contributed by atoms with Gasteiger partial charge in [-0.05, 0) is 25.7 Å². The van der Waals surface area contributed by atoms with Gasteiger partial charge in [0.1, 0.15) is 6.54 Å². The third-order valence-corrected chi connectivity index (χ3v) is 5.18. The van der Waals surface area contributed by atoms with Crippen molar-refractivity contribution in [2.75, 3.05) is 6.54 Å². The van der Waals surface area contributed by atoms with Crippen LogP contribution in [0, 0.1) is 11.8 Å². The smallest absolute Gasteiger partial charge is 0.321 e. The van der Waals surface area contributed by atoms with Crippen molar-refractivity contribution in [2.45, 2.75) is 57.4 Å². The highest BCUT2D eigenvalue weighted by molar-refractivity contribution is 6.08. The van der Waals surface area contributed by atoms with Crippen LogP contribution in [-0.4, -0.2) is 41.2 Å². The van der Waals surface area contributed by atoms with Crippen molar-refractivity contribution >= 4 is 23.8 Å². The van der Waals surface area contributed by atoms with Crippen LogP contribution in [0.2, 0.25) is 0 Å². The molecule has 1 saturated heterocycles. The fourth-order valence-electron chi connectivity index (χ4n) is 3.99. The Morgan fingerprint density at radius 1 is 0.913 bits per heavy atom. The Bertz CT molecular complexity index is 503. The molecule has 0 radical (unpaired) electrons. The molecule has 0 aromatic rings. The molecule has 7 nitrogen and oxygen atoms in total. The molecule has 2 N–H and O–H groups in total. The molecule has 0 unspecified atom stereocenters. The second kappa shape index (κ2) is 6.68. The second-order valence-electron chi connectivity index (χ2n) is 6.76. The first kappa shape index (κ1) is 16.0. The van der Waals surface area contributed by atoms with E-state index in [2.05, 4.69) is 10.6 Å². The third-order valence-electron chi connectivity index (χ3n) is 5.18. The largest absolute Gasteiger partial charge is 0.335 e. The van der Waals surface area contributed by atoms with E-state index in [-0.39, 0.29) is 36.2 Å². The van der Waals surface area contributed by atoms with E-state index in [9.17, 15) is 19.2 Å². The van der Waals surface area contributed by atoms with Crippen molar-refractivity contribution in [1.29, 1.82) is 0 Å². The summed E-state index contributed by atoms with van der Waals surface area (Å²) in [6.45, 7) is -0.358. The van der Waals surface area contributed by atoms with Crippen LogP contribution in [0.4, 0.5) is 4.79 Å². The summed E-state index contributed by atoms with van der Waals surface area (Å²) in [4.78, 5) is 49.3. The SMILES string of the molecule is O=C(CN1C(=O)[C@H]2CCCC[C@H]2C1=O)NC(=O)NC1CCCC1. The molecule has 3 aliphatic rings. The Labute approximate surface area is 135 Å². The van der Waals surface area contributed by atoms with Crippen molar-refractivity contribution in [2.24, 2.45) is 11.8 Å². The lowest BCUT2D eigenvalue weighted by atomic mass is 9.81. The lowest BCUT2D eigenvalue weighted by Crippen LogP contribution is -2.48. The van der Waals surface area contributed by atoms with E-state index in [1.165, 1.54) is 0 Å². The molecule has 0 aromatic heterocycles. The summed E-state index contributed by atoms with van der Waals surface area (Å²) in [6, 6.07) is -0.431. The number of hydrogen-bond donors (Lipinski definition) is 2. The van der Waals surface area contributed by atoms with Crippen LogP contribution in [0.3, 0.4) is 0 Å². The second-order valence-corrected chi connectivity index (χ2v) is 6.76. The number of likely N-dealkylation sites (tertiary alicyclic amines) is 1. The molecule has 5 amide bonds. The first-order valence-corrected chi connectivity index (χ1v) is 8.52. The zero-order valence-electron chi connectivity index (χ0n) is 13.2. The summed E-state index contributed by atoms with van der Waals surface area (Å²) in [6.07, 6.45) is 7.35. The van der Waals surface area contributed by atoms with Gasteiger partial charge in [0.15, 0.2) is 0 Å². The molecule has 2 atom stereocenters. The van der Waals surface area contributed by atoms with Gasteiger partial charge in [-0.15, -0.1) is 0 Å². The fourth-order valence-corrected chi connectivity index (χ4v) is 3.99. The van der Waals surface area contributed by atoms with Gasteiger partial charge in [0.05, 0.1) is 11.8 Å². The predicted octanol–water partition coefficient (Wildman–Crippen LogP) is 0.930. The lowest BCUT2D eigenvalue weighted by molar-refractivity contribution is -0.143. The molecule has 7 heteroatoms. The highest BCUT2D eigenvalue weighted by Crippen LogP contribution is 2.37. The summed E-state index contributed by atoms with van der Waals surface area (Å²) in [5, 5.41) is 4.97. The maximum absolute atomic E-state index is 12.3. The molecule has 0 aromatic carbocycles. The minimum absolute atomic E-state index is 0.112. The third kappa shape index (κ3) is 3.38. The van der Waals surface area contributed by atoms with Gasteiger partial charge in [-0.1, -0.05) is 25.7 Å². The predicted molar refractivity (Wildman–Crippen MR) is 81.1 cm³/mol. The average molecular weight is 321 g/mol. The fraction of sp³-hybridized carbons (Fsp3) is 0.750. The molecule has 23 heavy (non-hydrogen) atoms. The summed E-state index contributed by atoms with van der Waals surface area (Å²) in [5.41, 5.74) is 0. The molecule has 1 heterocycles.